The average Bonchev–Trinajstić information content (AvgIpc) is 2.41. The van der Waals surface area contributed by atoms with E-state index in [2.05, 4.69) is 4.72 Å². The molecule has 0 aliphatic heterocycles. The second kappa shape index (κ2) is 5.90. The Bertz CT molecular complexity index is 848. The molecule has 0 spiro atoms. The van der Waals surface area contributed by atoms with E-state index in [4.69, 9.17) is 28.5 Å². The summed E-state index contributed by atoms with van der Waals surface area (Å²) in [6.07, 6.45) is 0. The lowest BCUT2D eigenvalue weighted by atomic mass is 10.2. The van der Waals surface area contributed by atoms with Crippen molar-refractivity contribution in [3.63, 3.8) is 0 Å². The third kappa shape index (κ3) is 3.27. The van der Waals surface area contributed by atoms with Crippen LogP contribution in [0.15, 0.2) is 41.3 Å². The van der Waals surface area contributed by atoms with Crippen LogP contribution in [0.5, 0.6) is 0 Å². The molecule has 2 aromatic carbocycles. The van der Waals surface area contributed by atoms with Gasteiger partial charge in [0.15, 0.2) is 0 Å². The lowest BCUT2D eigenvalue weighted by molar-refractivity contribution is 0.593. The summed E-state index contributed by atoms with van der Waals surface area (Å²) in [5, 5.41) is 9.32. The quantitative estimate of drug-likeness (QED) is 0.920. The van der Waals surface area contributed by atoms with Crippen LogP contribution in [-0.4, -0.2) is 8.42 Å². The summed E-state index contributed by atoms with van der Waals surface area (Å²) in [7, 11) is -4.15. The SMILES string of the molecule is N#Cc1c(F)cccc1S(=O)(=O)Nc1ccc(Cl)cc1Cl. The molecule has 21 heavy (non-hydrogen) atoms. The van der Waals surface area contributed by atoms with Crippen molar-refractivity contribution in [3.8, 4) is 6.07 Å². The number of halogens is 3. The molecule has 0 radical (unpaired) electrons. The number of benzene rings is 2. The van der Waals surface area contributed by atoms with E-state index in [0.29, 0.717) is 5.02 Å². The highest BCUT2D eigenvalue weighted by molar-refractivity contribution is 7.92. The highest BCUT2D eigenvalue weighted by Crippen LogP contribution is 2.28. The molecule has 0 saturated heterocycles. The van der Waals surface area contributed by atoms with E-state index in [-0.39, 0.29) is 10.7 Å². The fourth-order valence-corrected chi connectivity index (χ4v) is 3.37. The molecular formula is C13H7Cl2FN2O2S. The third-order valence-electron chi connectivity index (χ3n) is 2.55. The van der Waals surface area contributed by atoms with E-state index in [0.717, 1.165) is 12.1 Å². The largest absolute Gasteiger partial charge is 0.278 e. The van der Waals surface area contributed by atoms with Crippen LogP contribution < -0.4 is 4.72 Å². The predicted molar refractivity (Wildman–Crippen MR) is 78.4 cm³/mol. The van der Waals surface area contributed by atoms with Gasteiger partial charge in [-0.1, -0.05) is 29.3 Å². The van der Waals surface area contributed by atoms with Gasteiger partial charge in [0.2, 0.25) is 0 Å². The zero-order valence-corrected chi connectivity index (χ0v) is 12.6. The van der Waals surface area contributed by atoms with E-state index in [1.807, 2.05) is 0 Å². The monoisotopic (exact) mass is 344 g/mol. The number of nitrogens with one attached hydrogen (secondary N) is 1. The molecule has 0 amide bonds. The maximum Gasteiger partial charge on any atom is 0.263 e. The van der Waals surface area contributed by atoms with Crippen LogP contribution in [0.2, 0.25) is 10.0 Å². The van der Waals surface area contributed by atoms with Crippen molar-refractivity contribution in [1.29, 1.82) is 5.26 Å². The van der Waals surface area contributed by atoms with E-state index in [1.165, 1.54) is 30.3 Å². The molecule has 108 valence electrons. The van der Waals surface area contributed by atoms with Crippen LogP contribution in [0.3, 0.4) is 0 Å². The van der Waals surface area contributed by atoms with E-state index in [9.17, 15) is 12.8 Å². The van der Waals surface area contributed by atoms with Crippen molar-refractivity contribution in [3.05, 3.63) is 57.8 Å². The fourth-order valence-electron chi connectivity index (χ4n) is 1.61. The minimum atomic E-state index is -4.15. The summed E-state index contributed by atoms with van der Waals surface area (Å²) in [5.41, 5.74) is -0.482. The number of rotatable bonds is 3. The van der Waals surface area contributed by atoms with Gasteiger partial charge in [-0.25, -0.2) is 12.8 Å². The van der Waals surface area contributed by atoms with E-state index >= 15 is 0 Å². The number of anilines is 1. The molecule has 0 unspecified atom stereocenters. The van der Waals surface area contributed by atoms with Crippen LogP contribution in [0.25, 0.3) is 0 Å². The van der Waals surface area contributed by atoms with Crippen molar-refractivity contribution < 1.29 is 12.8 Å². The first-order chi connectivity index (χ1) is 9.85. The van der Waals surface area contributed by atoms with Gasteiger partial charge in [-0.2, -0.15) is 5.26 Å². The number of nitriles is 1. The molecule has 0 heterocycles. The molecule has 0 aromatic heterocycles. The lowest BCUT2D eigenvalue weighted by Gasteiger charge is -2.11. The van der Waals surface area contributed by atoms with Gasteiger partial charge >= 0.3 is 0 Å². The Morgan fingerprint density at radius 2 is 1.90 bits per heavy atom. The molecule has 0 saturated carbocycles. The standard InChI is InChI=1S/C13H7Cl2FN2O2S/c14-8-4-5-12(10(15)6-8)18-21(19,20)13-3-1-2-11(16)9(13)7-17/h1-6,18H. The summed E-state index contributed by atoms with van der Waals surface area (Å²) in [4.78, 5) is -0.462. The zero-order chi connectivity index (χ0) is 15.6. The third-order valence-corrected chi connectivity index (χ3v) is 4.51. The van der Waals surface area contributed by atoms with Crippen molar-refractivity contribution in [2.75, 3.05) is 4.72 Å². The highest BCUT2D eigenvalue weighted by atomic mass is 35.5. The van der Waals surface area contributed by atoms with Gasteiger partial charge in [0.1, 0.15) is 22.3 Å². The first-order valence-electron chi connectivity index (χ1n) is 5.51. The molecule has 0 fully saturated rings. The van der Waals surface area contributed by atoms with Crippen LogP contribution in [0.1, 0.15) is 5.56 Å². The van der Waals surface area contributed by atoms with Gasteiger partial charge in [-0.05, 0) is 30.3 Å². The van der Waals surface area contributed by atoms with Crippen LogP contribution in [0, 0.1) is 17.1 Å². The van der Waals surface area contributed by atoms with Crippen LogP contribution in [-0.2, 0) is 10.0 Å². The van der Waals surface area contributed by atoms with Crippen LogP contribution >= 0.6 is 23.2 Å². The number of nitrogens with zero attached hydrogens (tertiary/aromatic N) is 1. The second-order valence-corrected chi connectivity index (χ2v) is 6.45. The normalized spacial score (nSPS) is 11.0. The number of hydrogen-bond donors (Lipinski definition) is 1. The fraction of sp³-hybridized carbons (Fsp3) is 0. The molecule has 8 heteroatoms. The topological polar surface area (TPSA) is 70.0 Å². The average molecular weight is 345 g/mol. The van der Waals surface area contributed by atoms with Crippen molar-refractivity contribution >= 4 is 38.9 Å². The maximum atomic E-state index is 13.5. The number of hydrogen-bond acceptors (Lipinski definition) is 3. The van der Waals surface area contributed by atoms with Crippen LogP contribution in [0.4, 0.5) is 10.1 Å². The van der Waals surface area contributed by atoms with Gasteiger partial charge in [0.05, 0.1) is 10.7 Å². The summed E-state index contributed by atoms with van der Waals surface area (Å²) in [5.74, 6) is -0.914. The predicted octanol–water partition coefficient (Wildman–Crippen LogP) is 3.80. The minimum Gasteiger partial charge on any atom is -0.278 e. The Morgan fingerprint density at radius 1 is 1.19 bits per heavy atom. The van der Waals surface area contributed by atoms with Crippen molar-refractivity contribution in [2.24, 2.45) is 0 Å². The first kappa shape index (κ1) is 15.6. The Morgan fingerprint density at radius 3 is 2.52 bits per heavy atom. The van der Waals surface area contributed by atoms with Gasteiger partial charge in [0, 0.05) is 5.02 Å². The second-order valence-electron chi connectivity index (χ2n) is 3.95. The molecule has 0 aliphatic rings. The summed E-state index contributed by atoms with van der Waals surface area (Å²) in [6.45, 7) is 0. The molecule has 4 nitrogen and oxygen atoms in total. The molecular weight excluding hydrogens is 338 g/mol. The van der Waals surface area contributed by atoms with Gasteiger partial charge in [-0.15, -0.1) is 0 Å². The summed E-state index contributed by atoms with van der Waals surface area (Å²) in [6, 6.07) is 9.05. The van der Waals surface area contributed by atoms with Crippen molar-refractivity contribution in [2.45, 2.75) is 4.90 Å². The van der Waals surface area contributed by atoms with E-state index < -0.39 is 26.3 Å². The maximum absolute atomic E-state index is 13.5. The summed E-state index contributed by atoms with van der Waals surface area (Å²) < 4.78 is 40.2. The molecule has 0 bridgehead atoms. The Balaban J connectivity index is 2.49. The molecule has 2 rings (SSSR count). The smallest absolute Gasteiger partial charge is 0.263 e. The first-order valence-corrected chi connectivity index (χ1v) is 7.75. The van der Waals surface area contributed by atoms with Gasteiger partial charge in [-0.3, -0.25) is 4.72 Å². The van der Waals surface area contributed by atoms with Crippen molar-refractivity contribution in [1.82, 2.24) is 0 Å². The van der Waals surface area contributed by atoms with Gasteiger partial charge < -0.3 is 0 Å². The minimum absolute atomic E-state index is 0.0780. The molecule has 2 aromatic rings. The van der Waals surface area contributed by atoms with Gasteiger partial charge in [0.25, 0.3) is 10.0 Å². The Hall–Kier alpha value is -1.81. The molecule has 0 aliphatic carbocycles. The Labute approximate surface area is 130 Å². The highest BCUT2D eigenvalue weighted by Gasteiger charge is 2.22. The molecule has 1 N–H and O–H groups in total. The number of sulfonamides is 1. The molecule has 0 atom stereocenters. The lowest BCUT2D eigenvalue weighted by Crippen LogP contribution is -2.15. The summed E-state index contributed by atoms with van der Waals surface area (Å²) >= 11 is 11.6. The Kier molecular flexibility index (Phi) is 4.37. The van der Waals surface area contributed by atoms with E-state index in [1.54, 1.807) is 0 Å². The zero-order valence-electron chi connectivity index (χ0n) is 10.3.